The molecule has 0 spiro atoms. The van der Waals surface area contributed by atoms with Gasteiger partial charge in [0.25, 0.3) is 11.7 Å². The van der Waals surface area contributed by atoms with E-state index in [9.17, 15) is 14.7 Å². The van der Waals surface area contributed by atoms with Crippen LogP contribution in [0.5, 0.6) is 11.5 Å². The Balaban J connectivity index is 1.89. The first-order valence-electron chi connectivity index (χ1n) is 10.1. The lowest BCUT2D eigenvalue weighted by Crippen LogP contribution is -2.36. The number of amides is 1. The highest BCUT2D eigenvalue weighted by Gasteiger charge is 2.47. The lowest BCUT2D eigenvalue weighted by atomic mass is 9.95. The van der Waals surface area contributed by atoms with Gasteiger partial charge in [0.05, 0.1) is 31.9 Å². The van der Waals surface area contributed by atoms with Crippen molar-refractivity contribution in [3.8, 4) is 11.5 Å². The summed E-state index contributed by atoms with van der Waals surface area (Å²) >= 11 is 0. The second kappa shape index (κ2) is 8.77. The van der Waals surface area contributed by atoms with Gasteiger partial charge in [0, 0.05) is 25.5 Å². The molecule has 1 aromatic carbocycles. The van der Waals surface area contributed by atoms with E-state index in [-0.39, 0.29) is 29.5 Å². The first-order chi connectivity index (χ1) is 15.1. The Morgan fingerprint density at radius 1 is 1.16 bits per heavy atom. The molecule has 1 N–H and O–H groups in total. The first kappa shape index (κ1) is 20.9. The zero-order valence-corrected chi connectivity index (χ0v) is 17.4. The van der Waals surface area contributed by atoms with E-state index in [1.165, 1.54) is 19.1 Å². The minimum absolute atomic E-state index is 0.0167. The molecule has 0 aliphatic carbocycles. The molecule has 2 aliphatic rings. The number of ether oxygens (including phenoxy) is 3. The third kappa shape index (κ3) is 3.74. The topological polar surface area (TPSA) is 98.2 Å². The number of benzene rings is 1. The van der Waals surface area contributed by atoms with Crippen LogP contribution in [0.1, 0.15) is 30.0 Å². The van der Waals surface area contributed by atoms with Gasteiger partial charge in [0.15, 0.2) is 0 Å². The highest BCUT2D eigenvalue weighted by molar-refractivity contribution is 6.46. The largest absolute Gasteiger partial charge is 0.506 e. The Bertz CT molecular complexity index is 992. The number of rotatable bonds is 6. The second-order valence-corrected chi connectivity index (χ2v) is 7.40. The highest BCUT2D eigenvalue weighted by atomic mass is 16.5. The summed E-state index contributed by atoms with van der Waals surface area (Å²) in [6.45, 7) is 0.893. The van der Waals surface area contributed by atoms with Gasteiger partial charge in [-0.3, -0.25) is 14.6 Å². The average molecular weight is 424 g/mol. The SMILES string of the molecule is COc1cccc(OC)c1/C(O)=C1\C(=O)C(=O)N(CC2CCCO2)C1c1ccncc1. The third-order valence-corrected chi connectivity index (χ3v) is 5.65. The number of methoxy groups -OCH3 is 2. The third-order valence-electron chi connectivity index (χ3n) is 5.65. The fourth-order valence-electron chi connectivity index (χ4n) is 4.19. The van der Waals surface area contributed by atoms with Crippen LogP contribution < -0.4 is 9.47 Å². The number of aromatic nitrogens is 1. The standard InChI is InChI=1S/C23H24N2O6/c1-29-16-6-3-7-17(30-2)18(16)21(26)19-20(14-8-10-24-11-9-14)25(23(28)22(19)27)13-15-5-4-12-31-15/h3,6-11,15,20,26H,4-5,12-13H2,1-2H3/b21-19+. The van der Waals surface area contributed by atoms with Crippen molar-refractivity contribution in [3.05, 3.63) is 59.4 Å². The molecule has 2 unspecified atom stereocenters. The Morgan fingerprint density at radius 2 is 1.84 bits per heavy atom. The van der Waals surface area contributed by atoms with Crippen LogP contribution in [0.4, 0.5) is 0 Å². The normalized spacial score (nSPS) is 22.7. The average Bonchev–Trinajstić information content (AvgIpc) is 3.41. The van der Waals surface area contributed by atoms with Gasteiger partial charge >= 0.3 is 0 Å². The van der Waals surface area contributed by atoms with Gasteiger partial charge in [-0.05, 0) is 42.7 Å². The second-order valence-electron chi connectivity index (χ2n) is 7.40. The number of ketones is 1. The van der Waals surface area contributed by atoms with E-state index in [0.717, 1.165) is 12.8 Å². The fraction of sp³-hybridized carbons (Fsp3) is 0.348. The maximum Gasteiger partial charge on any atom is 0.295 e. The first-order valence-corrected chi connectivity index (χ1v) is 10.1. The molecule has 4 rings (SSSR count). The molecule has 1 aromatic heterocycles. The Kier molecular flexibility index (Phi) is 5.90. The molecular weight excluding hydrogens is 400 g/mol. The number of carbonyl (C=O) groups excluding carboxylic acids is 2. The maximum atomic E-state index is 13.1. The number of Topliss-reactive ketones (excluding diaryl/α,β-unsaturated/α-hetero) is 1. The number of pyridine rings is 1. The molecule has 31 heavy (non-hydrogen) atoms. The summed E-state index contributed by atoms with van der Waals surface area (Å²) < 4.78 is 16.5. The molecule has 0 bridgehead atoms. The number of nitrogens with zero attached hydrogens (tertiary/aromatic N) is 2. The van der Waals surface area contributed by atoms with Crippen molar-refractivity contribution in [2.45, 2.75) is 25.0 Å². The minimum atomic E-state index is -0.776. The maximum absolute atomic E-state index is 13.1. The van der Waals surface area contributed by atoms with E-state index in [2.05, 4.69) is 4.98 Å². The predicted molar refractivity (Wildman–Crippen MR) is 112 cm³/mol. The Hall–Kier alpha value is -3.39. The smallest absolute Gasteiger partial charge is 0.295 e. The molecule has 2 saturated heterocycles. The molecule has 2 fully saturated rings. The van der Waals surface area contributed by atoms with Gasteiger partial charge in [-0.2, -0.15) is 0 Å². The van der Waals surface area contributed by atoms with Crippen LogP contribution in [0.25, 0.3) is 5.76 Å². The molecule has 2 atom stereocenters. The zero-order valence-electron chi connectivity index (χ0n) is 17.4. The molecule has 0 saturated carbocycles. The van der Waals surface area contributed by atoms with Gasteiger partial charge in [0.2, 0.25) is 0 Å². The molecule has 8 nitrogen and oxygen atoms in total. The monoisotopic (exact) mass is 424 g/mol. The number of carbonyl (C=O) groups is 2. The fourth-order valence-corrected chi connectivity index (χ4v) is 4.19. The quantitative estimate of drug-likeness (QED) is 0.432. The van der Waals surface area contributed by atoms with Gasteiger partial charge in [-0.15, -0.1) is 0 Å². The summed E-state index contributed by atoms with van der Waals surface area (Å²) in [5.74, 6) is -1.12. The lowest BCUT2D eigenvalue weighted by molar-refractivity contribution is -0.140. The van der Waals surface area contributed by atoms with Crippen LogP contribution in [-0.4, -0.2) is 60.2 Å². The van der Waals surface area contributed by atoms with E-state index in [0.29, 0.717) is 23.7 Å². The predicted octanol–water partition coefficient (Wildman–Crippen LogP) is 2.70. The van der Waals surface area contributed by atoms with Gasteiger partial charge in [0.1, 0.15) is 22.8 Å². The van der Waals surface area contributed by atoms with E-state index < -0.39 is 17.7 Å². The van der Waals surface area contributed by atoms with Crippen molar-refractivity contribution < 1.29 is 28.9 Å². The number of likely N-dealkylation sites (tertiary alicyclic amines) is 1. The van der Waals surface area contributed by atoms with E-state index in [1.54, 1.807) is 42.7 Å². The summed E-state index contributed by atoms with van der Waals surface area (Å²) in [7, 11) is 2.92. The van der Waals surface area contributed by atoms with Crippen LogP contribution in [0, 0.1) is 0 Å². The van der Waals surface area contributed by atoms with E-state index >= 15 is 0 Å². The Morgan fingerprint density at radius 3 is 2.42 bits per heavy atom. The van der Waals surface area contributed by atoms with Gasteiger partial charge in [-0.1, -0.05) is 6.07 Å². The zero-order chi connectivity index (χ0) is 22.0. The van der Waals surface area contributed by atoms with Crippen molar-refractivity contribution in [3.63, 3.8) is 0 Å². The number of aliphatic hydroxyl groups is 1. The van der Waals surface area contributed by atoms with Crippen LogP contribution in [-0.2, 0) is 14.3 Å². The van der Waals surface area contributed by atoms with E-state index in [1.807, 2.05) is 0 Å². The number of hydrogen-bond acceptors (Lipinski definition) is 7. The van der Waals surface area contributed by atoms with Gasteiger partial charge in [-0.25, -0.2) is 0 Å². The summed E-state index contributed by atoms with van der Waals surface area (Å²) in [5, 5.41) is 11.3. The van der Waals surface area contributed by atoms with Crippen molar-refractivity contribution in [2.75, 3.05) is 27.4 Å². The van der Waals surface area contributed by atoms with Crippen molar-refractivity contribution in [1.29, 1.82) is 0 Å². The minimum Gasteiger partial charge on any atom is -0.506 e. The van der Waals surface area contributed by atoms with E-state index in [4.69, 9.17) is 14.2 Å². The van der Waals surface area contributed by atoms with Crippen molar-refractivity contribution >= 4 is 17.4 Å². The molecule has 3 heterocycles. The summed E-state index contributed by atoms with van der Waals surface area (Å²) in [6.07, 6.45) is 4.75. The molecule has 2 aliphatic heterocycles. The number of aliphatic hydroxyl groups excluding tert-OH is 1. The summed E-state index contributed by atoms with van der Waals surface area (Å²) in [6, 6.07) is 7.70. The van der Waals surface area contributed by atoms with Crippen LogP contribution >= 0.6 is 0 Å². The number of hydrogen-bond donors (Lipinski definition) is 1. The summed E-state index contributed by atoms with van der Waals surface area (Å²) in [5.41, 5.74) is 0.876. The Labute approximate surface area is 180 Å². The van der Waals surface area contributed by atoms with Crippen LogP contribution in [0.3, 0.4) is 0 Å². The van der Waals surface area contributed by atoms with Crippen LogP contribution in [0.15, 0.2) is 48.3 Å². The molecular formula is C23H24N2O6. The van der Waals surface area contributed by atoms with Crippen LogP contribution in [0.2, 0.25) is 0 Å². The molecule has 0 radical (unpaired) electrons. The summed E-state index contributed by atoms with van der Waals surface area (Å²) in [4.78, 5) is 31.7. The molecule has 1 amide bonds. The molecule has 2 aromatic rings. The van der Waals surface area contributed by atoms with Crippen molar-refractivity contribution in [2.24, 2.45) is 0 Å². The molecule has 8 heteroatoms. The van der Waals surface area contributed by atoms with Gasteiger partial charge < -0.3 is 24.2 Å². The molecule has 162 valence electrons. The van der Waals surface area contributed by atoms with Crippen molar-refractivity contribution in [1.82, 2.24) is 9.88 Å². The highest BCUT2D eigenvalue weighted by Crippen LogP contribution is 2.43. The lowest BCUT2D eigenvalue weighted by Gasteiger charge is -2.27.